The zero-order valence-electron chi connectivity index (χ0n) is 15.1. The molecule has 10 heteroatoms. The Hall–Kier alpha value is -2.98. The number of aromatic nitrogens is 3. The van der Waals surface area contributed by atoms with E-state index >= 15 is 0 Å². The molecule has 1 atom stereocenters. The molecule has 1 aliphatic rings. The average Bonchev–Trinajstić information content (AvgIpc) is 3.10. The van der Waals surface area contributed by atoms with E-state index in [1.165, 1.54) is 11.3 Å². The topological polar surface area (TPSA) is 138 Å². The number of primary amides is 1. The Morgan fingerprint density at radius 1 is 1.32 bits per heavy atom. The number of carbonyl (C=O) groups excluding carboxylic acids is 1. The first-order chi connectivity index (χ1) is 13.6. The van der Waals surface area contributed by atoms with Crippen molar-refractivity contribution in [2.75, 3.05) is 30.3 Å². The van der Waals surface area contributed by atoms with Crippen molar-refractivity contribution >= 4 is 39.2 Å². The smallest absolute Gasteiger partial charge is 0.264 e. The second-order valence-corrected chi connectivity index (χ2v) is 7.66. The van der Waals surface area contributed by atoms with Crippen LogP contribution in [0.4, 0.5) is 11.8 Å². The molecule has 0 saturated carbocycles. The van der Waals surface area contributed by atoms with Gasteiger partial charge in [0.1, 0.15) is 16.4 Å². The fourth-order valence-electron chi connectivity index (χ4n) is 3.18. The van der Waals surface area contributed by atoms with Crippen LogP contribution in [0.15, 0.2) is 29.1 Å². The number of anilines is 2. The summed E-state index contributed by atoms with van der Waals surface area (Å²) < 4.78 is 0.998. The summed E-state index contributed by atoms with van der Waals surface area (Å²) in [6.45, 7) is 1.66. The summed E-state index contributed by atoms with van der Waals surface area (Å²) in [6, 6.07) is 7.89. The highest BCUT2D eigenvalue weighted by Gasteiger charge is 2.21. The number of hydrogen-bond acceptors (Lipinski definition) is 8. The molecule has 28 heavy (non-hydrogen) atoms. The molecule has 3 heterocycles. The second-order valence-electron chi connectivity index (χ2n) is 6.63. The number of nitrogens with one attached hydrogen (secondary N) is 4. The first kappa shape index (κ1) is 18.4. The lowest BCUT2D eigenvalue weighted by molar-refractivity contribution is -0.116. The van der Waals surface area contributed by atoms with Crippen molar-refractivity contribution in [3.8, 4) is 10.6 Å². The molecular weight excluding hydrogens is 378 g/mol. The Morgan fingerprint density at radius 2 is 2.18 bits per heavy atom. The summed E-state index contributed by atoms with van der Waals surface area (Å²) in [6.07, 6.45) is 2.02. The van der Waals surface area contributed by atoms with Crippen LogP contribution in [0.25, 0.3) is 20.8 Å². The van der Waals surface area contributed by atoms with E-state index in [-0.39, 0.29) is 24.1 Å². The number of H-pyrrole nitrogens is 1. The van der Waals surface area contributed by atoms with Gasteiger partial charge in [0.15, 0.2) is 0 Å². The van der Waals surface area contributed by atoms with Crippen LogP contribution in [0.5, 0.6) is 0 Å². The van der Waals surface area contributed by atoms with E-state index in [0.717, 1.165) is 36.1 Å². The molecule has 0 unspecified atom stereocenters. The van der Waals surface area contributed by atoms with Gasteiger partial charge in [0, 0.05) is 12.6 Å². The Kier molecular flexibility index (Phi) is 5.22. The van der Waals surface area contributed by atoms with Crippen molar-refractivity contribution < 1.29 is 4.79 Å². The number of nitrogens with zero attached hydrogens (tertiary/aromatic N) is 2. The number of para-hydroxylation sites is 1. The molecule has 0 spiro atoms. The average molecular weight is 399 g/mol. The van der Waals surface area contributed by atoms with Crippen molar-refractivity contribution in [3.05, 3.63) is 34.6 Å². The number of carbonyl (C=O) groups is 1. The Balaban J connectivity index is 1.75. The van der Waals surface area contributed by atoms with Gasteiger partial charge < -0.3 is 21.7 Å². The predicted molar refractivity (Wildman–Crippen MR) is 111 cm³/mol. The zero-order chi connectivity index (χ0) is 19.5. The van der Waals surface area contributed by atoms with Crippen molar-refractivity contribution in [1.29, 1.82) is 0 Å². The van der Waals surface area contributed by atoms with Gasteiger partial charge in [-0.3, -0.25) is 14.6 Å². The first-order valence-corrected chi connectivity index (χ1v) is 9.91. The first-order valence-electron chi connectivity index (χ1n) is 9.10. The standard InChI is InChI=1S/C18H21N7O2S/c19-13(26)9-21-18-24-15(22-10-4-3-7-20-8-10)14(16(27)25-18)17-23-11-5-1-2-6-12(11)28-17/h1-2,5-6,10,20H,3-4,7-9H2,(H2,19,26)(H3,21,22,24,25,27)/t10-/m1/s1. The number of aromatic amines is 1. The Bertz CT molecular complexity index is 1020. The number of piperidine rings is 1. The summed E-state index contributed by atoms with van der Waals surface area (Å²) in [5, 5.41) is 10.1. The fourth-order valence-corrected chi connectivity index (χ4v) is 4.19. The third-order valence-corrected chi connectivity index (χ3v) is 5.55. The molecule has 146 valence electrons. The van der Waals surface area contributed by atoms with Crippen LogP contribution in [0.3, 0.4) is 0 Å². The molecule has 0 radical (unpaired) electrons. The van der Waals surface area contributed by atoms with Crippen LogP contribution < -0.4 is 27.2 Å². The van der Waals surface area contributed by atoms with Crippen LogP contribution in [0, 0.1) is 0 Å². The molecular formula is C18H21N7O2S. The van der Waals surface area contributed by atoms with E-state index in [2.05, 4.69) is 30.9 Å². The molecule has 0 bridgehead atoms. The lowest BCUT2D eigenvalue weighted by Crippen LogP contribution is -2.39. The molecule has 0 aliphatic carbocycles. The predicted octanol–water partition coefficient (Wildman–Crippen LogP) is 1.11. The molecule has 1 saturated heterocycles. The number of fused-ring (bicyclic) bond motifs is 1. The summed E-state index contributed by atoms with van der Waals surface area (Å²) in [7, 11) is 0. The minimum Gasteiger partial charge on any atom is -0.368 e. The molecule has 1 fully saturated rings. The third-order valence-electron chi connectivity index (χ3n) is 4.49. The molecule has 1 aromatic carbocycles. The third kappa shape index (κ3) is 3.97. The molecule has 6 N–H and O–H groups in total. The summed E-state index contributed by atoms with van der Waals surface area (Å²) >= 11 is 1.44. The van der Waals surface area contributed by atoms with Gasteiger partial charge in [-0.1, -0.05) is 12.1 Å². The minimum absolute atomic E-state index is 0.117. The largest absolute Gasteiger partial charge is 0.368 e. The summed E-state index contributed by atoms with van der Waals surface area (Å²) in [5.74, 6) is 0.104. The SMILES string of the molecule is NC(=O)CNc1nc(N[C@@H]2CCCNC2)c(-c2nc3ccccc3s2)c(=O)[nH]1. The lowest BCUT2D eigenvalue weighted by atomic mass is 10.1. The van der Waals surface area contributed by atoms with Crippen molar-refractivity contribution in [2.24, 2.45) is 5.73 Å². The van der Waals surface area contributed by atoms with E-state index in [0.29, 0.717) is 16.4 Å². The Labute approximate surface area is 164 Å². The van der Waals surface area contributed by atoms with Gasteiger partial charge in [-0.15, -0.1) is 11.3 Å². The van der Waals surface area contributed by atoms with E-state index in [9.17, 15) is 9.59 Å². The van der Waals surface area contributed by atoms with E-state index < -0.39 is 5.91 Å². The molecule has 9 nitrogen and oxygen atoms in total. The number of rotatable bonds is 6. The lowest BCUT2D eigenvalue weighted by Gasteiger charge is -2.25. The van der Waals surface area contributed by atoms with Crippen molar-refractivity contribution in [3.63, 3.8) is 0 Å². The van der Waals surface area contributed by atoms with Crippen LogP contribution in [0.1, 0.15) is 12.8 Å². The molecule has 4 rings (SSSR count). The maximum Gasteiger partial charge on any atom is 0.264 e. The molecule has 1 amide bonds. The van der Waals surface area contributed by atoms with Crippen LogP contribution in [-0.2, 0) is 4.79 Å². The van der Waals surface area contributed by atoms with Gasteiger partial charge in [0.2, 0.25) is 11.9 Å². The second kappa shape index (κ2) is 7.95. The number of benzene rings is 1. The fraction of sp³-hybridized carbons (Fsp3) is 0.333. The normalized spacial score (nSPS) is 16.8. The van der Waals surface area contributed by atoms with Crippen molar-refractivity contribution in [1.82, 2.24) is 20.3 Å². The highest BCUT2D eigenvalue weighted by molar-refractivity contribution is 7.21. The number of thiazole rings is 1. The minimum atomic E-state index is -0.538. The number of hydrogen-bond donors (Lipinski definition) is 5. The quantitative estimate of drug-likeness (QED) is 0.418. The maximum absolute atomic E-state index is 12.9. The van der Waals surface area contributed by atoms with Gasteiger partial charge in [0.25, 0.3) is 5.56 Å². The van der Waals surface area contributed by atoms with E-state index in [1.54, 1.807) is 0 Å². The van der Waals surface area contributed by atoms with Crippen LogP contribution in [-0.4, -0.2) is 46.5 Å². The van der Waals surface area contributed by atoms with Gasteiger partial charge in [-0.25, -0.2) is 4.98 Å². The van der Waals surface area contributed by atoms with Crippen molar-refractivity contribution in [2.45, 2.75) is 18.9 Å². The van der Waals surface area contributed by atoms with Gasteiger partial charge in [-0.05, 0) is 31.5 Å². The maximum atomic E-state index is 12.9. The van der Waals surface area contributed by atoms with Gasteiger partial charge >= 0.3 is 0 Å². The molecule has 1 aliphatic heterocycles. The monoisotopic (exact) mass is 399 g/mol. The molecule has 2 aromatic heterocycles. The molecule has 3 aromatic rings. The number of nitrogens with two attached hydrogens (primary N) is 1. The zero-order valence-corrected chi connectivity index (χ0v) is 15.9. The van der Waals surface area contributed by atoms with Crippen LogP contribution in [0.2, 0.25) is 0 Å². The number of amides is 1. The van der Waals surface area contributed by atoms with Gasteiger partial charge in [0.05, 0.1) is 16.8 Å². The highest BCUT2D eigenvalue weighted by Crippen LogP contribution is 2.32. The Morgan fingerprint density at radius 3 is 2.93 bits per heavy atom. The van der Waals surface area contributed by atoms with Crippen LogP contribution >= 0.6 is 11.3 Å². The van der Waals surface area contributed by atoms with E-state index in [4.69, 9.17) is 5.73 Å². The van der Waals surface area contributed by atoms with Gasteiger partial charge in [-0.2, -0.15) is 4.98 Å². The summed E-state index contributed by atoms with van der Waals surface area (Å²) in [5.41, 5.74) is 6.09. The summed E-state index contributed by atoms with van der Waals surface area (Å²) in [4.78, 5) is 35.7. The highest BCUT2D eigenvalue weighted by atomic mass is 32.1. The van der Waals surface area contributed by atoms with E-state index in [1.807, 2.05) is 24.3 Å².